The number of aliphatic carboxylic acids is 1. The maximum absolute atomic E-state index is 13.4. The van der Waals surface area contributed by atoms with Crippen molar-refractivity contribution in [3.63, 3.8) is 0 Å². The van der Waals surface area contributed by atoms with Crippen LogP contribution in [-0.2, 0) is 16.1 Å². The summed E-state index contributed by atoms with van der Waals surface area (Å²) in [5.41, 5.74) is 0.790. The summed E-state index contributed by atoms with van der Waals surface area (Å²) in [7, 11) is 0. The van der Waals surface area contributed by atoms with E-state index >= 15 is 0 Å². The Morgan fingerprint density at radius 2 is 2.05 bits per heavy atom. The van der Waals surface area contributed by atoms with E-state index in [9.17, 15) is 14.0 Å². The number of carboxylic acid groups (broad SMARTS) is 1. The van der Waals surface area contributed by atoms with E-state index in [1.54, 1.807) is 24.3 Å². The van der Waals surface area contributed by atoms with Crippen LogP contribution in [0.5, 0.6) is 0 Å². The number of carbonyl (C=O) groups is 2. The molecule has 1 aromatic carbocycles. The number of ether oxygens (including phenoxy) is 1. The molecule has 0 saturated carbocycles. The van der Waals surface area contributed by atoms with E-state index in [2.05, 4.69) is 0 Å². The van der Waals surface area contributed by atoms with Gasteiger partial charge in [-0.1, -0.05) is 30.3 Å². The van der Waals surface area contributed by atoms with Crippen LogP contribution in [0.4, 0.5) is 9.18 Å². The highest BCUT2D eigenvalue weighted by Crippen LogP contribution is 2.22. The fourth-order valence-electron chi connectivity index (χ4n) is 2.05. The lowest BCUT2D eigenvalue weighted by Gasteiger charge is -2.21. The maximum Gasteiger partial charge on any atom is 0.410 e. The lowest BCUT2D eigenvalue weighted by Crippen LogP contribution is -2.44. The Labute approximate surface area is 109 Å². The van der Waals surface area contributed by atoms with Gasteiger partial charge in [-0.2, -0.15) is 0 Å². The summed E-state index contributed by atoms with van der Waals surface area (Å²) in [5.74, 6) is -1.35. The minimum atomic E-state index is -1.54. The third kappa shape index (κ3) is 3.01. The number of nitrogens with zero attached hydrogens (tertiary/aromatic N) is 1. The maximum atomic E-state index is 13.4. The minimum absolute atomic E-state index is 0.0252. The minimum Gasteiger partial charge on any atom is -0.480 e. The fraction of sp³-hybridized carbons (Fsp3) is 0.385. The van der Waals surface area contributed by atoms with Gasteiger partial charge in [0.2, 0.25) is 0 Å². The Balaban J connectivity index is 1.95. The number of halogens is 1. The molecule has 0 radical (unpaired) electrons. The van der Waals surface area contributed by atoms with Gasteiger partial charge in [-0.3, -0.25) is 4.90 Å². The first-order valence-corrected chi connectivity index (χ1v) is 5.94. The number of hydrogen-bond donors (Lipinski definition) is 1. The number of rotatable bonds is 3. The molecule has 0 spiro atoms. The zero-order valence-corrected chi connectivity index (χ0v) is 10.2. The number of carboxylic acids is 1. The van der Waals surface area contributed by atoms with Gasteiger partial charge in [0.1, 0.15) is 12.8 Å². The smallest absolute Gasteiger partial charge is 0.410 e. The summed E-state index contributed by atoms with van der Waals surface area (Å²) in [6.45, 7) is 0.102. The molecule has 0 bridgehead atoms. The molecule has 1 N–H and O–H groups in total. The van der Waals surface area contributed by atoms with Crippen molar-refractivity contribution in [1.29, 1.82) is 0 Å². The van der Waals surface area contributed by atoms with Gasteiger partial charge >= 0.3 is 12.1 Å². The molecule has 5 nitrogen and oxygen atoms in total. The zero-order valence-electron chi connectivity index (χ0n) is 10.2. The molecule has 1 amide bonds. The molecule has 2 atom stereocenters. The summed E-state index contributed by atoms with van der Waals surface area (Å²) in [5, 5.41) is 8.90. The van der Waals surface area contributed by atoms with E-state index in [0.29, 0.717) is 0 Å². The highest BCUT2D eigenvalue weighted by molar-refractivity contribution is 5.81. The predicted molar refractivity (Wildman–Crippen MR) is 64.3 cm³/mol. The van der Waals surface area contributed by atoms with Crippen LogP contribution in [0.25, 0.3) is 0 Å². The van der Waals surface area contributed by atoms with Crippen LogP contribution in [-0.4, -0.2) is 40.8 Å². The van der Waals surface area contributed by atoms with Gasteiger partial charge in [0, 0.05) is 6.54 Å². The molecule has 0 aliphatic carbocycles. The summed E-state index contributed by atoms with van der Waals surface area (Å²) < 4.78 is 18.4. The summed E-state index contributed by atoms with van der Waals surface area (Å²) in [6, 6.07) is 7.56. The molecule has 1 aliphatic rings. The molecular formula is C13H14FNO4. The molecule has 19 heavy (non-hydrogen) atoms. The van der Waals surface area contributed by atoms with Crippen LogP contribution < -0.4 is 0 Å². The molecule has 6 heteroatoms. The Bertz CT molecular complexity index is 465. The molecule has 2 unspecified atom stereocenters. The second-order valence-corrected chi connectivity index (χ2v) is 4.32. The Hall–Kier alpha value is -2.11. The van der Waals surface area contributed by atoms with Crippen molar-refractivity contribution in [2.24, 2.45) is 0 Å². The molecule has 0 aromatic heterocycles. The average Bonchev–Trinajstić information content (AvgIpc) is 2.79. The molecule has 102 valence electrons. The van der Waals surface area contributed by atoms with Crippen molar-refractivity contribution >= 4 is 12.1 Å². The third-order valence-electron chi connectivity index (χ3n) is 3.02. The van der Waals surface area contributed by atoms with Crippen molar-refractivity contribution in [3.8, 4) is 0 Å². The normalized spacial score (nSPS) is 22.3. The SMILES string of the molecule is O=C(O)C1C(F)CCN1C(=O)OCc1ccccc1. The number of carbonyl (C=O) groups excluding carboxylic acids is 1. The van der Waals surface area contributed by atoms with Crippen molar-refractivity contribution in [3.05, 3.63) is 35.9 Å². The first-order chi connectivity index (χ1) is 9.09. The number of hydrogen-bond acceptors (Lipinski definition) is 3. The number of amides is 1. The van der Waals surface area contributed by atoms with Gasteiger partial charge in [-0.05, 0) is 12.0 Å². The highest BCUT2D eigenvalue weighted by atomic mass is 19.1. The van der Waals surface area contributed by atoms with Gasteiger partial charge < -0.3 is 9.84 Å². The predicted octanol–water partition coefficient (Wildman–Crippen LogP) is 1.82. The van der Waals surface area contributed by atoms with Crippen molar-refractivity contribution in [1.82, 2.24) is 4.90 Å². The van der Waals surface area contributed by atoms with E-state index < -0.39 is 24.3 Å². The first-order valence-electron chi connectivity index (χ1n) is 5.94. The van der Waals surface area contributed by atoms with Crippen LogP contribution in [0.2, 0.25) is 0 Å². The summed E-state index contributed by atoms with van der Waals surface area (Å²) >= 11 is 0. The van der Waals surface area contributed by atoms with E-state index in [4.69, 9.17) is 9.84 Å². The van der Waals surface area contributed by atoms with Gasteiger partial charge in [0.25, 0.3) is 0 Å². The van der Waals surface area contributed by atoms with E-state index in [1.807, 2.05) is 6.07 Å². The van der Waals surface area contributed by atoms with E-state index in [0.717, 1.165) is 10.5 Å². The second-order valence-electron chi connectivity index (χ2n) is 4.32. The largest absolute Gasteiger partial charge is 0.480 e. The van der Waals surface area contributed by atoms with Crippen LogP contribution in [0.15, 0.2) is 30.3 Å². The van der Waals surface area contributed by atoms with Crippen molar-refractivity contribution in [2.45, 2.75) is 25.2 Å². The molecule has 1 fully saturated rings. The Kier molecular flexibility index (Phi) is 3.99. The lowest BCUT2D eigenvalue weighted by molar-refractivity contribution is -0.143. The van der Waals surface area contributed by atoms with E-state index in [1.165, 1.54) is 0 Å². The van der Waals surface area contributed by atoms with Gasteiger partial charge in [-0.15, -0.1) is 0 Å². The van der Waals surface area contributed by atoms with Gasteiger partial charge in [0.05, 0.1) is 0 Å². The lowest BCUT2D eigenvalue weighted by atomic mass is 10.2. The van der Waals surface area contributed by atoms with Crippen molar-refractivity contribution in [2.75, 3.05) is 6.54 Å². The molecule has 1 aromatic rings. The monoisotopic (exact) mass is 267 g/mol. The summed E-state index contributed by atoms with van der Waals surface area (Å²) in [6.07, 6.45) is -2.31. The topological polar surface area (TPSA) is 66.8 Å². The fourth-order valence-corrected chi connectivity index (χ4v) is 2.05. The Morgan fingerprint density at radius 1 is 1.37 bits per heavy atom. The zero-order chi connectivity index (χ0) is 13.8. The van der Waals surface area contributed by atoms with Crippen LogP contribution in [0, 0.1) is 0 Å². The third-order valence-corrected chi connectivity index (χ3v) is 3.02. The number of benzene rings is 1. The number of likely N-dealkylation sites (tertiary alicyclic amines) is 1. The second kappa shape index (κ2) is 5.69. The Morgan fingerprint density at radius 3 is 2.68 bits per heavy atom. The summed E-state index contributed by atoms with van der Waals surface area (Å²) in [4.78, 5) is 23.6. The molecule has 2 rings (SSSR count). The van der Waals surface area contributed by atoms with Crippen molar-refractivity contribution < 1.29 is 23.8 Å². The molecular weight excluding hydrogens is 253 g/mol. The number of alkyl halides is 1. The van der Waals surface area contributed by atoms with Crippen LogP contribution in [0.1, 0.15) is 12.0 Å². The van der Waals surface area contributed by atoms with Gasteiger partial charge in [-0.25, -0.2) is 14.0 Å². The standard InChI is InChI=1S/C13H14FNO4/c14-10-6-7-15(11(10)12(16)17)13(18)19-8-9-4-2-1-3-5-9/h1-5,10-11H,6-8H2,(H,16,17). The first kappa shape index (κ1) is 13.3. The highest BCUT2D eigenvalue weighted by Gasteiger charge is 2.43. The molecule has 1 aliphatic heterocycles. The van der Waals surface area contributed by atoms with Crippen LogP contribution in [0.3, 0.4) is 0 Å². The quantitative estimate of drug-likeness (QED) is 0.907. The van der Waals surface area contributed by atoms with Gasteiger partial charge in [0.15, 0.2) is 6.04 Å². The van der Waals surface area contributed by atoms with Crippen LogP contribution >= 0.6 is 0 Å². The van der Waals surface area contributed by atoms with E-state index in [-0.39, 0.29) is 19.6 Å². The molecule has 1 saturated heterocycles. The molecule has 1 heterocycles. The average molecular weight is 267 g/mol.